The molecule has 9 nitrogen and oxygen atoms in total. The fourth-order valence-corrected chi connectivity index (χ4v) is 3.06. The lowest BCUT2D eigenvalue weighted by atomic mass is 9.90. The lowest BCUT2D eigenvalue weighted by Crippen LogP contribution is -2.54. The van der Waals surface area contributed by atoms with Gasteiger partial charge in [0.05, 0.1) is 11.5 Å². The van der Waals surface area contributed by atoms with Crippen molar-refractivity contribution in [3.63, 3.8) is 0 Å². The molecular weight excluding hydrogens is 338 g/mol. The summed E-state index contributed by atoms with van der Waals surface area (Å²) in [6.07, 6.45) is -2.83. The number of aromatic nitrogens is 3. The molecular formula is C14H16ClN5O4. The van der Waals surface area contributed by atoms with E-state index in [1.54, 1.807) is 0 Å². The van der Waals surface area contributed by atoms with Crippen molar-refractivity contribution in [1.29, 1.82) is 0 Å². The molecule has 1 aliphatic heterocycles. The first kappa shape index (κ1) is 16.8. The quantitative estimate of drug-likeness (QED) is 0.427. The van der Waals surface area contributed by atoms with Crippen LogP contribution in [0.5, 0.6) is 0 Å². The van der Waals surface area contributed by atoms with Crippen molar-refractivity contribution in [1.82, 2.24) is 14.5 Å². The summed E-state index contributed by atoms with van der Waals surface area (Å²) in [4.78, 5) is 18.4. The van der Waals surface area contributed by atoms with Gasteiger partial charge in [0.25, 0.3) is 5.56 Å². The van der Waals surface area contributed by atoms with Crippen molar-refractivity contribution in [2.75, 3.05) is 5.73 Å². The van der Waals surface area contributed by atoms with Crippen molar-refractivity contribution in [2.24, 2.45) is 5.73 Å². The Morgan fingerprint density at radius 1 is 1.62 bits per heavy atom. The number of halogens is 1. The van der Waals surface area contributed by atoms with Crippen LogP contribution in [0.4, 0.5) is 5.95 Å². The van der Waals surface area contributed by atoms with Crippen molar-refractivity contribution >= 4 is 28.6 Å². The summed E-state index contributed by atoms with van der Waals surface area (Å²) in [7, 11) is 0. The van der Waals surface area contributed by atoms with E-state index in [4.69, 9.17) is 27.8 Å². The zero-order valence-corrected chi connectivity index (χ0v) is 13.4. The Bertz CT molecular complexity index is 898. The van der Waals surface area contributed by atoms with Gasteiger partial charge in [0.1, 0.15) is 12.2 Å². The van der Waals surface area contributed by atoms with Crippen LogP contribution in [0.1, 0.15) is 13.2 Å². The molecule has 1 unspecified atom stereocenters. The average Bonchev–Trinajstić information content (AvgIpc) is 3.00. The Morgan fingerprint density at radius 3 is 2.96 bits per heavy atom. The molecule has 0 radical (unpaired) electrons. The minimum Gasteiger partial charge on any atom is -0.391 e. The molecule has 2 aromatic rings. The number of aliphatic hydroxyl groups is 2. The lowest BCUT2D eigenvalue weighted by Gasteiger charge is -2.28. The van der Waals surface area contributed by atoms with E-state index in [1.165, 1.54) is 23.8 Å². The zero-order chi connectivity index (χ0) is 17.6. The average molecular weight is 354 g/mol. The lowest BCUT2D eigenvalue weighted by molar-refractivity contribution is -0.0755. The fraction of sp³-hybridized carbons (Fsp3) is 0.429. The number of rotatable bonds is 2. The fourth-order valence-electron chi connectivity index (χ4n) is 2.89. The van der Waals surface area contributed by atoms with Crippen molar-refractivity contribution < 1.29 is 14.9 Å². The minimum atomic E-state index is -1.62. The van der Waals surface area contributed by atoms with Crippen molar-refractivity contribution in [2.45, 2.75) is 37.0 Å². The monoisotopic (exact) mass is 353 g/mol. The number of hydrogen-bond acceptors (Lipinski definition) is 7. The molecule has 7 N–H and O–H groups in total. The Kier molecular flexibility index (Phi) is 4.03. The molecule has 2 aromatic heterocycles. The normalized spacial score (nSPS) is 31.0. The maximum atomic E-state index is 12.0. The van der Waals surface area contributed by atoms with Crippen LogP contribution < -0.4 is 17.0 Å². The molecule has 0 amide bonds. The molecule has 3 rings (SSSR count). The van der Waals surface area contributed by atoms with Crippen molar-refractivity contribution in [3.05, 3.63) is 22.6 Å². The van der Waals surface area contributed by atoms with Crippen LogP contribution >= 0.6 is 11.6 Å². The molecule has 128 valence electrons. The molecule has 1 aliphatic rings. The number of nitrogens with one attached hydrogen (secondary N) is 1. The van der Waals surface area contributed by atoms with E-state index in [2.05, 4.69) is 21.3 Å². The minimum absolute atomic E-state index is 0.0795. The molecule has 0 aliphatic carbocycles. The number of anilines is 1. The Hall–Kier alpha value is -2.09. The highest BCUT2D eigenvalue weighted by atomic mass is 35.5. The second kappa shape index (κ2) is 5.77. The number of fused-ring (bicyclic) bond motifs is 1. The van der Waals surface area contributed by atoms with Crippen molar-refractivity contribution in [3.8, 4) is 11.3 Å². The van der Waals surface area contributed by atoms with E-state index in [-0.39, 0.29) is 17.0 Å². The van der Waals surface area contributed by atoms with Gasteiger partial charge >= 0.3 is 0 Å². The molecule has 3 heterocycles. The Labute approximate surface area is 141 Å². The van der Waals surface area contributed by atoms with Gasteiger partial charge in [-0.2, -0.15) is 4.98 Å². The highest BCUT2D eigenvalue weighted by Crippen LogP contribution is 2.39. The molecule has 0 spiro atoms. The summed E-state index contributed by atoms with van der Waals surface area (Å²) in [5.74, 6) is 2.45. The van der Waals surface area contributed by atoms with Crippen LogP contribution in [-0.4, -0.2) is 48.6 Å². The topological polar surface area (TPSA) is 152 Å². The molecule has 0 aromatic carbocycles. The maximum absolute atomic E-state index is 12.0. The van der Waals surface area contributed by atoms with Crippen LogP contribution in [0.15, 0.2) is 17.1 Å². The molecule has 0 bridgehead atoms. The highest BCUT2D eigenvalue weighted by molar-refractivity contribution is 6.30. The van der Waals surface area contributed by atoms with E-state index in [9.17, 15) is 15.0 Å². The van der Waals surface area contributed by atoms with Gasteiger partial charge in [-0.15, -0.1) is 0 Å². The van der Waals surface area contributed by atoms with Crippen LogP contribution in [0.3, 0.4) is 0 Å². The van der Waals surface area contributed by atoms with Crippen LogP contribution in [0, 0.1) is 11.3 Å². The first-order chi connectivity index (χ1) is 11.3. The van der Waals surface area contributed by atoms with Gasteiger partial charge in [0.15, 0.2) is 17.4 Å². The van der Waals surface area contributed by atoms with E-state index >= 15 is 0 Å². The summed E-state index contributed by atoms with van der Waals surface area (Å²) < 4.78 is 7.16. The van der Waals surface area contributed by atoms with Gasteiger partial charge < -0.3 is 31.0 Å². The standard InChI is InChI=1S/C14H16ClN5O4/c1-6(21)8-9(22)14(17,3-4-15)12(24-8)20-5-2-7-10(20)18-13(16)19-11(7)23/h2,5-6,8-9,12,21-22H,17H2,1H3,(H3,16,18,19,23)/t6-,8-,9?,12-,14-/m1/s1. The van der Waals surface area contributed by atoms with Crippen LogP contribution in [0.25, 0.3) is 11.0 Å². The van der Waals surface area contributed by atoms with E-state index < -0.39 is 35.6 Å². The molecule has 10 heteroatoms. The number of ether oxygens (including phenoxy) is 1. The second-order valence-corrected chi connectivity index (χ2v) is 5.89. The smallest absolute Gasteiger partial charge is 0.261 e. The summed E-state index contributed by atoms with van der Waals surface area (Å²) in [6.45, 7) is 1.46. The molecule has 0 saturated carbocycles. The number of nitrogen functional groups attached to an aromatic ring is 1. The molecule has 1 saturated heterocycles. The maximum Gasteiger partial charge on any atom is 0.261 e. The summed E-state index contributed by atoms with van der Waals surface area (Å²) in [6, 6.07) is 1.51. The van der Waals surface area contributed by atoms with Gasteiger partial charge in [-0.25, -0.2) is 0 Å². The first-order valence-corrected chi connectivity index (χ1v) is 7.47. The number of aliphatic hydroxyl groups excluding tert-OH is 2. The van der Waals surface area contributed by atoms with Gasteiger partial charge in [-0.1, -0.05) is 5.92 Å². The predicted octanol–water partition coefficient (Wildman–Crippen LogP) is -1.16. The summed E-state index contributed by atoms with van der Waals surface area (Å²) in [5, 5.41) is 22.7. The van der Waals surface area contributed by atoms with Crippen LogP contribution in [-0.2, 0) is 4.74 Å². The number of nitrogens with zero attached hydrogens (tertiary/aromatic N) is 2. The summed E-state index contributed by atoms with van der Waals surface area (Å²) in [5.41, 5.74) is 10.00. The number of aromatic amines is 1. The third-order valence-corrected chi connectivity index (χ3v) is 4.18. The van der Waals surface area contributed by atoms with E-state index in [1.807, 2.05) is 0 Å². The molecule has 24 heavy (non-hydrogen) atoms. The Morgan fingerprint density at radius 2 is 2.33 bits per heavy atom. The van der Waals surface area contributed by atoms with E-state index in [0.29, 0.717) is 0 Å². The number of H-pyrrole nitrogens is 1. The number of hydrogen-bond donors (Lipinski definition) is 5. The third-order valence-electron chi connectivity index (χ3n) is 4.09. The zero-order valence-electron chi connectivity index (χ0n) is 12.6. The van der Waals surface area contributed by atoms with E-state index in [0.717, 1.165) is 0 Å². The summed E-state index contributed by atoms with van der Waals surface area (Å²) >= 11 is 5.49. The second-order valence-electron chi connectivity index (χ2n) is 5.70. The number of nitrogens with two attached hydrogens (primary N) is 2. The molecule has 1 fully saturated rings. The van der Waals surface area contributed by atoms with Gasteiger partial charge in [-0.3, -0.25) is 9.78 Å². The van der Waals surface area contributed by atoms with Crippen LogP contribution in [0.2, 0.25) is 0 Å². The predicted molar refractivity (Wildman–Crippen MR) is 86.9 cm³/mol. The van der Waals surface area contributed by atoms with Gasteiger partial charge in [-0.05, 0) is 24.6 Å². The third kappa shape index (κ3) is 2.36. The SMILES string of the molecule is C[C@@H](O)[C@H]1O[C@@H](n2ccc3c(=O)[nH]c(N)nc32)[C@@](N)(C#CCl)C1O. The highest BCUT2D eigenvalue weighted by Gasteiger charge is 2.55. The first-order valence-electron chi connectivity index (χ1n) is 7.09. The molecule has 5 atom stereocenters. The van der Waals surface area contributed by atoms with Gasteiger partial charge in [0.2, 0.25) is 5.95 Å². The largest absolute Gasteiger partial charge is 0.391 e. The van der Waals surface area contributed by atoms with Gasteiger partial charge in [0, 0.05) is 11.6 Å². The Balaban J connectivity index is 2.20.